The maximum absolute atomic E-state index is 11.6. The maximum atomic E-state index is 11.6. The summed E-state index contributed by atoms with van der Waals surface area (Å²) in [5, 5.41) is 3.36. The molecule has 1 aromatic carbocycles. The number of nitrogens with zero attached hydrogens (tertiary/aromatic N) is 2. The summed E-state index contributed by atoms with van der Waals surface area (Å²) in [7, 11) is 3.67. The average Bonchev–Trinajstić information content (AvgIpc) is 2.17. The Hall–Kier alpha value is -1.55. The van der Waals surface area contributed by atoms with Gasteiger partial charge in [0, 0.05) is 14.1 Å². The van der Waals surface area contributed by atoms with Gasteiger partial charge in [-0.2, -0.15) is 0 Å². The van der Waals surface area contributed by atoms with Gasteiger partial charge in [-0.25, -0.2) is 10.0 Å². The smallest absolute Gasteiger partial charge is 0.279 e. The highest BCUT2D eigenvalue weighted by atomic mass is 16.5. The molecule has 0 saturated carbocycles. The van der Waals surface area contributed by atoms with Crippen molar-refractivity contribution in [2.24, 2.45) is 0 Å². The molecule has 4 heteroatoms. The third-order valence-electron chi connectivity index (χ3n) is 2.08. The second kappa shape index (κ2) is 3.31. The van der Waals surface area contributed by atoms with Crippen LogP contribution in [0.25, 0.3) is 0 Å². The molecule has 0 N–H and O–H groups in total. The molecule has 1 aromatic rings. The Labute approximate surface area is 82.7 Å². The lowest BCUT2D eigenvalue weighted by Gasteiger charge is -2.33. The predicted octanol–water partition coefficient (Wildman–Crippen LogP) is 0.889. The summed E-state index contributed by atoms with van der Waals surface area (Å²) in [6.45, 7) is 0.106. The van der Waals surface area contributed by atoms with Crippen molar-refractivity contribution in [2.45, 2.75) is 0 Å². The second-order valence-corrected chi connectivity index (χ2v) is 3.31. The van der Waals surface area contributed by atoms with Crippen LogP contribution in [0.5, 0.6) is 5.75 Å². The SMILES string of the molecule is CN(C)N1C(=O)COc2ccccc21. The van der Waals surface area contributed by atoms with Gasteiger partial charge in [0.1, 0.15) is 11.4 Å². The molecule has 14 heavy (non-hydrogen) atoms. The molecular formula is C10H12N2O2. The zero-order chi connectivity index (χ0) is 10.1. The van der Waals surface area contributed by atoms with E-state index in [2.05, 4.69) is 0 Å². The topological polar surface area (TPSA) is 32.8 Å². The molecule has 74 valence electrons. The number of ether oxygens (including phenoxy) is 1. The Morgan fingerprint density at radius 3 is 2.79 bits per heavy atom. The number of hydrogen-bond donors (Lipinski definition) is 0. The monoisotopic (exact) mass is 192 g/mol. The molecule has 4 nitrogen and oxygen atoms in total. The van der Waals surface area contributed by atoms with Crippen LogP contribution in [0.2, 0.25) is 0 Å². The summed E-state index contributed by atoms with van der Waals surface area (Å²) >= 11 is 0. The summed E-state index contributed by atoms with van der Waals surface area (Å²) < 4.78 is 5.30. The van der Waals surface area contributed by atoms with Gasteiger partial charge < -0.3 is 4.74 Å². The van der Waals surface area contributed by atoms with Crippen LogP contribution >= 0.6 is 0 Å². The van der Waals surface area contributed by atoms with Crippen molar-refractivity contribution in [2.75, 3.05) is 25.7 Å². The molecule has 0 aromatic heterocycles. The van der Waals surface area contributed by atoms with E-state index in [4.69, 9.17) is 4.74 Å². The van der Waals surface area contributed by atoms with Gasteiger partial charge in [-0.3, -0.25) is 4.79 Å². The minimum Gasteiger partial charge on any atom is -0.481 e. The van der Waals surface area contributed by atoms with Crippen molar-refractivity contribution in [1.82, 2.24) is 5.01 Å². The minimum atomic E-state index is -0.0475. The molecule has 1 amide bonds. The number of rotatable bonds is 1. The predicted molar refractivity (Wildman–Crippen MR) is 53.1 cm³/mol. The third-order valence-corrected chi connectivity index (χ3v) is 2.08. The van der Waals surface area contributed by atoms with Crippen molar-refractivity contribution < 1.29 is 9.53 Å². The number of hydrazine groups is 1. The largest absolute Gasteiger partial charge is 0.481 e. The maximum Gasteiger partial charge on any atom is 0.279 e. The zero-order valence-electron chi connectivity index (χ0n) is 8.23. The van der Waals surface area contributed by atoms with Gasteiger partial charge in [0.2, 0.25) is 0 Å². The number of para-hydroxylation sites is 2. The second-order valence-electron chi connectivity index (χ2n) is 3.31. The van der Waals surface area contributed by atoms with E-state index < -0.39 is 0 Å². The molecule has 0 aliphatic carbocycles. The molecular weight excluding hydrogens is 180 g/mol. The van der Waals surface area contributed by atoms with Crippen molar-refractivity contribution in [3.8, 4) is 5.75 Å². The van der Waals surface area contributed by atoms with Gasteiger partial charge in [-0.1, -0.05) is 12.1 Å². The van der Waals surface area contributed by atoms with E-state index >= 15 is 0 Å². The molecule has 1 heterocycles. The molecule has 0 spiro atoms. The first-order chi connectivity index (χ1) is 6.70. The lowest BCUT2D eigenvalue weighted by molar-refractivity contribution is -0.123. The molecule has 0 fully saturated rings. The van der Waals surface area contributed by atoms with Gasteiger partial charge in [0.25, 0.3) is 5.91 Å². The number of benzene rings is 1. The molecule has 0 saturated heterocycles. The molecule has 0 unspecified atom stereocenters. The first-order valence-corrected chi connectivity index (χ1v) is 4.42. The third kappa shape index (κ3) is 1.33. The highest BCUT2D eigenvalue weighted by Crippen LogP contribution is 2.31. The number of fused-ring (bicyclic) bond motifs is 1. The Kier molecular flexibility index (Phi) is 2.13. The van der Waals surface area contributed by atoms with Gasteiger partial charge in [0.15, 0.2) is 6.61 Å². The minimum absolute atomic E-state index is 0.0475. The molecule has 1 aliphatic rings. The van der Waals surface area contributed by atoms with E-state index in [9.17, 15) is 4.79 Å². The van der Waals surface area contributed by atoms with Crippen molar-refractivity contribution in [1.29, 1.82) is 0 Å². The Balaban J connectivity index is 2.46. The fraction of sp³-hybridized carbons (Fsp3) is 0.300. The van der Waals surface area contributed by atoms with Gasteiger partial charge in [-0.05, 0) is 12.1 Å². The van der Waals surface area contributed by atoms with Crippen LogP contribution in [-0.4, -0.2) is 31.6 Å². The zero-order valence-corrected chi connectivity index (χ0v) is 8.23. The summed E-state index contributed by atoms with van der Waals surface area (Å²) in [6, 6.07) is 7.50. The van der Waals surface area contributed by atoms with Crippen molar-refractivity contribution >= 4 is 11.6 Å². The molecule has 2 rings (SSSR count). The first-order valence-electron chi connectivity index (χ1n) is 4.42. The Morgan fingerprint density at radius 2 is 2.07 bits per heavy atom. The highest BCUT2D eigenvalue weighted by molar-refractivity contribution is 5.96. The van der Waals surface area contributed by atoms with E-state index in [1.165, 1.54) is 0 Å². The fourth-order valence-corrected chi connectivity index (χ4v) is 1.53. The van der Waals surface area contributed by atoms with E-state index in [0.29, 0.717) is 0 Å². The van der Waals surface area contributed by atoms with Crippen LogP contribution in [0, 0.1) is 0 Å². The summed E-state index contributed by atoms with van der Waals surface area (Å²) in [5.74, 6) is 0.703. The molecule has 0 atom stereocenters. The van der Waals surface area contributed by atoms with Crippen LogP contribution in [0.4, 0.5) is 5.69 Å². The highest BCUT2D eigenvalue weighted by Gasteiger charge is 2.26. The first kappa shape index (κ1) is 9.02. The lowest BCUT2D eigenvalue weighted by atomic mass is 10.2. The van der Waals surface area contributed by atoms with Crippen LogP contribution < -0.4 is 9.75 Å². The van der Waals surface area contributed by atoms with E-state index in [0.717, 1.165) is 11.4 Å². The summed E-state index contributed by atoms with van der Waals surface area (Å²) in [5.41, 5.74) is 0.800. The van der Waals surface area contributed by atoms with Gasteiger partial charge >= 0.3 is 0 Å². The van der Waals surface area contributed by atoms with Crippen LogP contribution in [0.3, 0.4) is 0 Å². The summed E-state index contributed by atoms with van der Waals surface area (Å²) in [4.78, 5) is 11.6. The fourth-order valence-electron chi connectivity index (χ4n) is 1.53. The number of carbonyl (C=O) groups excluding carboxylic acids is 1. The average molecular weight is 192 g/mol. The van der Waals surface area contributed by atoms with Crippen LogP contribution in [-0.2, 0) is 4.79 Å². The lowest BCUT2D eigenvalue weighted by Crippen LogP contribution is -2.47. The number of hydrogen-bond acceptors (Lipinski definition) is 3. The number of anilines is 1. The van der Waals surface area contributed by atoms with Gasteiger partial charge in [0.05, 0.1) is 0 Å². The molecule has 0 radical (unpaired) electrons. The standard InChI is InChI=1S/C10H12N2O2/c1-11(2)12-8-5-3-4-6-9(8)14-7-10(12)13/h3-6H,7H2,1-2H3. The van der Waals surface area contributed by atoms with Crippen molar-refractivity contribution in [3.05, 3.63) is 24.3 Å². The number of carbonyl (C=O) groups is 1. The quantitative estimate of drug-likeness (QED) is 0.662. The molecule has 1 aliphatic heterocycles. The van der Waals surface area contributed by atoms with E-state index in [1.807, 2.05) is 38.4 Å². The normalized spacial score (nSPS) is 15.4. The molecule has 0 bridgehead atoms. The van der Waals surface area contributed by atoms with Crippen LogP contribution in [0.15, 0.2) is 24.3 Å². The van der Waals surface area contributed by atoms with Crippen molar-refractivity contribution in [3.63, 3.8) is 0 Å². The van der Waals surface area contributed by atoms with Crippen LogP contribution in [0.1, 0.15) is 0 Å². The number of amides is 1. The van der Waals surface area contributed by atoms with Gasteiger partial charge in [-0.15, -0.1) is 0 Å². The van der Waals surface area contributed by atoms with E-state index in [1.54, 1.807) is 10.0 Å². The summed E-state index contributed by atoms with van der Waals surface area (Å²) in [6.07, 6.45) is 0. The Morgan fingerprint density at radius 1 is 1.36 bits per heavy atom. The Bertz CT molecular complexity index is 363. The van der Waals surface area contributed by atoms with E-state index in [-0.39, 0.29) is 12.5 Å².